The van der Waals surface area contributed by atoms with Crippen LogP contribution in [-0.4, -0.2) is 18.5 Å². The van der Waals surface area contributed by atoms with Crippen molar-refractivity contribution < 1.29 is 18.0 Å². The molecule has 1 unspecified atom stereocenters. The summed E-state index contributed by atoms with van der Waals surface area (Å²) in [7, 11) is 0. The molecule has 1 aromatic rings. The zero-order chi connectivity index (χ0) is 15.3. The number of carbonyl (C=O) groups is 1. The number of alkyl halides is 3. The highest BCUT2D eigenvalue weighted by molar-refractivity contribution is 5.75. The van der Waals surface area contributed by atoms with E-state index in [-0.39, 0.29) is 18.0 Å². The molecule has 0 aromatic heterocycles. The second-order valence-electron chi connectivity index (χ2n) is 5.26. The van der Waals surface area contributed by atoms with Gasteiger partial charge in [0, 0.05) is 19.0 Å². The Morgan fingerprint density at radius 1 is 1.33 bits per heavy atom. The fraction of sp³-hybridized carbons (Fsp3) is 0.533. The van der Waals surface area contributed by atoms with E-state index < -0.39 is 11.7 Å². The lowest BCUT2D eigenvalue weighted by molar-refractivity contribution is -0.138. The maximum atomic E-state index is 12.8. The van der Waals surface area contributed by atoms with E-state index in [0.29, 0.717) is 12.5 Å². The van der Waals surface area contributed by atoms with Crippen LogP contribution in [0.2, 0.25) is 0 Å². The van der Waals surface area contributed by atoms with Crippen LogP contribution in [0.15, 0.2) is 24.3 Å². The molecular formula is C15H19F3N2O. The lowest BCUT2D eigenvalue weighted by atomic mass is 10.1. The third-order valence-corrected chi connectivity index (χ3v) is 3.68. The van der Waals surface area contributed by atoms with E-state index in [1.54, 1.807) is 6.07 Å². The highest BCUT2D eigenvalue weighted by Crippen LogP contribution is 2.31. The Bertz CT molecular complexity index is 482. The Kier molecular flexibility index (Phi) is 5.22. The van der Waals surface area contributed by atoms with E-state index in [1.807, 2.05) is 0 Å². The zero-order valence-electron chi connectivity index (χ0n) is 11.7. The molecule has 1 fully saturated rings. The average Bonchev–Trinajstić information content (AvgIpc) is 2.95. The summed E-state index contributed by atoms with van der Waals surface area (Å²) in [6.07, 6.45) is -1.15. The van der Waals surface area contributed by atoms with Crippen molar-refractivity contribution in [2.75, 3.05) is 6.54 Å². The zero-order valence-corrected chi connectivity index (χ0v) is 11.7. The SMILES string of the molecule is O=C(CCC1CCCN1)NCc1ccccc1C(F)(F)F. The van der Waals surface area contributed by atoms with Crippen molar-refractivity contribution in [3.63, 3.8) is 0 Å². The first-order chi connectivity index (χ1) is 9.97. The number of benzene rings is 1. The van der Waals surface area contributed by atoms with Gasteiger partial charge in [0.2, 0.25) is 5.91 Å². The molecule has 0 aliphatic carbocycles. The number of rotatable bonds is 5. The smallest absolute Gasteiger partial charge is 0.352 e. The molecule has 1 aliphatic rings. The summed E-state index contributed by atoms with van der Waals surface area (Å²) in [4.78, 5) is 11.7. The van der Waals surface area contributed by atoms with Crippen molar-refractivity contribution >= 4 is 5.91 Å². The van der Waals surface area contributed by atoms with E-state index in [4.69, 9.17) is 0 Å². The molecule has 2 rings (SSSR count). The fourth-order valence-electron chi connectivity index (χ4n) is 2.54. The summed E-state index contributed by atoms with van der Waals surface area (Å²) in [6.45, 7) is 0.887. The summed E-state index contributed by atoms with van der Waals surface area (Å²) < 4.78 is 38.4. The third-order valence-electron chi connectivity index (χ3n) is 3.68. The van der Waals surface area contributed by atoms with Crippen LogP contribution in [0, 0.1) is 0 Å². The Balaban J connectivity index is 1.83. The number of hydrogen-bond acceptors (Lipinski definition) is 2. The van der Waals surface area contributed by atoms with Crippen LogP contribution in [-0.2, 0) is 17.5 Å². The molecule has 0 bridgehead atoms. The van der Waals surface area contributed by atoms with Crippen molar-refractivity contribution in [1.29, 1.82) is 0 Å². The Morgan fingerprint density at radius 3 is 2.76 bits per heavy atom. The number of halogens is 3. The molecule has 2 N–H and O–H groups in total. The normalized spacial score (nSPS) is 18.7. The molecule has 1 aromatic carbocycles. The van der Waals surface area contributed by atoms with Gasteiger partial charge >= 0.3 is 6.18 Å². The number of carbonyl (C=O) groups excluding carboxylic acids is 1. The average molecular weight is 300 g/mol. The van der Waals surface area contributed by atoms with Crippen LogP contribution in [0.3, 0.4) is 0 Å². The van der Waals surface area contributed by atoms with Crippen LogP contribution in [0.5, 0.6) is 0 Å². The molecule has 1 atom stereocenters. The number of nitrogens with one attached hydrogen (secondary N) is 2. The van der Waals surface area contributed by atoms with Gasteiger partial charge in [0.25, 0.3) is 0 Å². The fourth-order valence-corrected chi connectivity index (χ4v) is 2.54. The summed E-state index contributed by atoms with van der Waals surface area (Å²) in [5.41, 5.74) is -0.597. The molecule has 0 spiro atoms. The summed E-state index contributed by atoms with van der Waals surface area (Å²) in [5.74, 6) is -0.208. The van der Waals surface area contributed by atoms with Crippen LogP contribution >= 0.6 is 0 Å². The first-order valence-corrected chi connectivity index (χ1v) is 7.12. The van der Waals surface area contributed by atoms with Crippen LogP contribution in [0.25, 0.3) is 0 Å². The lowest BCUT2D eigenvalue weighted by Gasteiger charge is -2.14. The van der Waals surface area contributed by atoms with Crippen molar-refractivity contribution in [3.8, 4) is 0 Å². The van der Waals surface area contributed by atoms with Gasteiger partial charge in [-0.25, -0.2) is 0 Å². The van der Waals surface area contributed by atoms with Gasteiger partial charge in [-0.1, -0.05) is 18.2 Å². The van der Waals surface area contributed by atoms with Crippen molar-refractivity contribution in [2.24, 2.45) is 0 Å². The predicted molar refractivity (Wildman–Crippen MR) is 73.5 cm³/mol. The van der Waals surface area contributed by atoms with E-state index in [1.165, 1.54) is 12.1 Å². The second kappa shape index (κ2) is 6.93. The minimum absolute atomic E-state index is 0.0907. The van der Waals surface area contributed by atoms with E-state index >= 15 is 0 Å². The van der Waals surface area contributed by atoms with E-state index in [0.717, 1.165) is 31.9 Å². The van der Waals surface area contributed by atoms with Crippen molar-refractivity contribution in [3.05, 3.63) is 35.4 Å². The molecule has 1 heterocycles. The monoisotopic (exact) mass is 300 g/mol. The van der Waals surface area contributed by atoms with Crippen LogP contribution < -0.4 is 10.6 Å². The molecule has 1 amide bonds. The molecule has 6 heteroatoms. The highest BCUT2D eigenvalue weighted by Gasteiger charge is 2.32. The van der Waals surface area contributed by atoms with Gasteiger partial charge in [0.15, 0.2) is 0 Å². The van der Waals surface area contributed by atoms with Crippen molar-refractivity contribution in [2.45, 2.75) is 44.4 Å². The molecule has 1 aliphatic heterocycles. The molecule has 21 heavy (non-hydrogen) atoms. The van der Waals surface area contributed by atoms with Gasteiger partial charge in [-0.3, -0.25) is 4.79 Å². The molecule has 0 radical (unpaired) electrons. The summed E-state index contributed by atoms with van der Waals surface area (Å²) in [6, 6.07) is 5.67. The minimum Gasteiger partial charge on any atom is -0.352 e. The van der Waals surface area contributed by atoms with Gasteiger partial charge in [-0.2, -0.15) is 13.2 Å². The first-order valence-electron chi connectivity index (χ1n) is 7.12. The van der Waals surface area contributed by atoms with Gasteiger partial charge in [0.1, 0.15) is 0 Å². The Labute approximate surface area is 121 Å². The van der Waals surface area contributed by atoms with Crippen LogP contribution in [0.1, 0.15) is 36.8 Å². The van der Waals surface area contributed by atoms with Gasteiger partial charge in [-0.15, -0.1) is 0 Å². The number of hydrogen-bond donors (Lipinski definition) is 2. The highest BCUT2D eigenvalue weighted by atomic mass is 19.4. The topological polar surface area (TPSA) is 41.1 Å². The molecule has 116 valence electrons. The van der Waals surface area contributed by atoms with Crippen molar-refractivity contribution in [1.82, 2.24) is 10.6 Å². The largest absolute Gasteiger partial charge is 0.416 e. The minimum atomic E-state index is -4.39. The maximum Gasteiger partial charge on any atom is 0.416 e. The first kappa shape index (κ1) is 15.8. The Morgan fingerprint density at radius 2 is 2.10 bits per heavy atom. The molecule has 0 saturated carbocycles. The third kappa shape index (κ3) is 4.74. The quantitative estimate of drug-likeness (QED) is 0.878. The lowest BCUT2D eigenvalue weighted by Crippen LogP contribution is -2.27. The molecule has 1 saturated heterocycles. The number of amides is 1. The standard InChI is InChI=1S/C15H19F3N2O/c16-15(17,18)13-6-2-1-4-11(13)10-20-14(21)8-7-12-5-3-9-19-12/h1-2,4,6,12,19H,3,5,7-10H2,(H,20,21). The van der Waals surface area contributed by atoms with E-state index in [2.05, 4.69) is 10.6 Å². The van der Waals surface area contributed by atoms with Gasteiger partial charge in [0.05, 0.1) is 5.56 Å². The Hall–Kier alpha value is -1.56. The summed E-state index contributed by atoms with van der Waals surface area (Å²) >= 11 is 0. The predicted octanol–water partition coefficient (Wildman–Crippen LogP) is 2.85. The second-order valence-corrected chi connectivity index (χ2v) is 5.26. The summed E-state index contributed by atoms with van der Waals surface area (Å²) in [5, 5.41) is 5.85. The molecule has 3 nitrogen and oxygen atoms in total. The van der Waals surface area contributed by atoms with E-state index in [9.17, 15) is 18.0 Å². The maximum absolute atomic E-state index is 12.8. The molecular weight excluding hydrogens is 281 g/mol. The van der Waals surface area contributed by atoms with Gasteiger partial charge in [-0.05, 0) is 37.4 Å². The van der Waals surface area contributed by atoms with Crippen LogP contribution in [0.4, 0.5) is 13.2 Å². The van der Waals surface area contributed by atoms with Gasteiger partial charge < -0.3 is 10.6 Å².